The van der Waals surface area contributed by atoms with E-state index < -0.39 is 18.2 Å². The topological polar surface area (TPSA) is 103 Å². The van der Waals surface area contributed by atoms with Gasteiger partial charge in [-0.1, -0.05) is 59.6 Å². The molecule has 10 nitrogen and oxygen atoms in total. The van der Waals surface area contributed by atoms with Crippen LogP contribution in [0.3, 0.4) is 0 Å². The van der Waals surface area contributed by atoms with E-state index in [9.17, 15) is 19.2 Å². The number of hydrogen-bond acceptors (Lipinski definition) is 7. The third kappa shape index (κ3) is 11.3. The molecular weight excluding hydrogens is 674 g/mol. The number of carbonyl (C=O) groups is 4. The lowest BCUT2D eigenvalue weighted by molar-refractivity contribution is -0.146. The first-order chi connectivity index (χ1) is 23.5. The summed E-state index contributed by atoms with van der Waals surface area (Å²) in [4.78, 5) is 62.6. The van der Waals surface area contributed by atoms with E-state index in [2.05, 4.69) is 19.2 Å². The first kappa shape index (κ1) is 43.8. The molecule has 0 aromatic heterocycles. The van der Waals surface area contributed by atoms with Gasteiger partial charge in [-0.15, -0.1) is 0 Å². The van der Waals surface area contributed by atoms with Crippen molar-refractivity contribution in [3.8, 4) is 0 Å². The van der Waals surface area contributed by atoms with E-state index in [0.717, 1.165) is 24.9 Å². The van der Waals surface area contributed by atoms with Crippen LogP contribution in [0.25, 0.3) is 0 Å². The van der Waals surface area contributed by atoms with E-state index in [0.29, 0.717) is 24.5 Å². The molecule has 7 atom stereocenters. The Kier molecular flexibility index (Phi) is 18.1. The summed E-state index contributed by atoms with van der Waals surface area (Å²) < 4.78 is 6.04. The summed E-state index contributed by atoms with van der Waals surface area (Å²) in [6.45, 7) is 15.1. The van der Waals surface area contributed by atoms with Crippen LogP contribution in [-0.4, -0.2) is 121 Å². The molecule has 4 amide bonds. The summed E-state index contributed by atoms with van der Waals surface area (Å²) in [6.07, 6.45) is 4.31. The maximum atomic E-state index is 14.2. The molecule has 0 radical (unpaired) electrons. The summed E-state index contributed by atoms with van der Waals surface area (Å²) >= 11 is 7.71. The van der Waals surface area contributed by atoms with Gasteiger partial charge in [0.2, 0.25) is 23.6 Å². The number of anilines is 1. The standard InChI is InChI=1S/C38H64ClN5O5S/c1-13-26(7)36(42(10)38(48)34(24(3)4)40-37(47)35(25(5)6)41(8)9)30(49-11)22-32(45)44-21-15-16-29(44)31(50-12)23-33(46)43(14-2)28-19-17-27(39)18-20-28/h17-20,24-26,29-31,34-36H,13-16,21-23H2,1-12H3,(H,40,47). The van der Waals surface area contributed by atoms with Crippen molar-refractivity contribution >= 4 is 52.7 Å². The van der Waals surface area contributed by atoms with Gasteiger partial charge in [0.15, 0.2) is 0 Å². The average Bonchev–Trinajstić information content (AvgIpc) is 3.56. The number of thioether (sulfide) groups is 1. The second-order valence-electron chi connectivity index (χ2n) is 14.6. The Balaban J connectivity index is 2.27. The summed E-state index contributed by atoms with van der Waals surface area (Å²) in [6, 6.07) is 5.69. The van der Waals surface area contributed by atoms with E-state index in [1.807, 2.05) is 76.9 Å². The molecule has 1 fully saturated rings. The molecule has 0 aliphatic carbocycles. The number of likely N-dealkylation sites (N-methyl/N-ethyl adjacent to an activating group) is 2. The number of methoxy groups -OCH3 is 1. The lowest BCUT2D eigenvalue weighted by atomic mass is 9.89. The van der Waals surface area contributed by atoms with Crippen molar-refractivity contribution in [1.29, 1.82) is 0 Å². The zero-order valence-electron chi connectivity index (χ0n) is 32.6. The normalized spacial score (nSPS) is 18.5. The Hall–Kier alpha value is -2.34. The van der Waals surface area contributed by atoms with Crippen LogP contribution in [0.4, 0.5) is 5.69 Å². The van der Waals surface area contributed by atoms with Gasteiger partial charge in [-0.25, -0.2) is 0 Å². The van der Waals surface area contributed by atoms with Crippen molar-refractivity contribution < 1.29 is 23.9 Å². The van der Waals surface area contributed by atoms with Gasteiger partial charge in [-0.05, 0) is 82.1 Å². The molecule has 284 valence electrons. The van der Waals surface area contributed by atoms with Crippen LogP contribution in [-0.2, 0) is 23.9 Å². The molecule has 0 saturated carbocycles. The number of ether oxygens (including phenoxy) is 1. The minimum atomic E-state index is -0.730. The lowest BCUT2D eigenvalue weighted by Crippen LogP contribution is -2.59. The Labute approximate surface area is 311 Å². The first-order valence-electron chi connectivity index (χ1n) is 18.2. The Morgan fingerprint density at radius 1 is 1.00 bits per heavy atom. The molecule has 50 heavy (non-hydrogen) atoms. The van der Waals surface area contributed by atoms with Crippen molar-refractivity contribution in [3.05, 3.63) is 29.3 Å². The van der Waals surface area contributed by atoms with E-state index in [-0.39, 0.29) is 65.1 Å². The van der Waals surface area contributed by atoms with Gasteiger partial charge < -0.3 is 24.8 Å². The van der Waals surface area contributed by atoms with Gasteiger partial charge in [0.25, 0.3) is 0 Å². The summed E-state index contributed by atoms with van der Waals surface area (Å²) in [5.74, 6) is -0.466. The number of hydrogen-bond donors (Lipinski definition) is 1. The number of carbonyl (C=O) groups excluding carboxylic acids is 4. The highest BCUT2D eigenvalue weighted by atomic mass is 35.5. The van der Waals surface area contributed by atoms with E-state index in [4.69, 9.17) is 16.3 Å². The second kappa shape index (κ2) is 20.6. The molecule has 1 aliphatic rings. The molecule has 0 bridgehead atoms. The number of likely N-dealkylation sites (tertiary alicyclic amines) is 1. The number of nitrogens with one attached hydrogen (secondary N) is 1. The largest absolute Gasteiger partial charge is 0.379 e. The van der Waals surface area contributed by atoms with Crippen LogP contribution in [0.2, 0.25) is 5.02 Å². The molecule has 1 heterocycles. The van der Waals surface area contributed by atoms with E-state index in [1.54, 1.807) is 47.9 Å². The molecule has 1 aromatic carbocycles. The van der Waals surface area contributed by atoms with Crippen molar-refractivity contribution in [1.82, 2.24) is 20.0 Å². The number of benzene rings is 1. The molecular formula is C38H64ClN5O5S. The third-order valence-corrected chi connectivity index (χ3v) is 11.6. The highest BCUT2D eigenvalue weighted by Crippen LogP contribution is 2.32. The van der Waals surface area contributed by atoms with Crippen LogP contribution in [0.1, 0.15) is 80.6 Å². The minimum Gasteiger partial charge on any atom is -0.379 e. The van der Waals surface area contributed by atoms with E-state index in [1.165, 1.54) is 0 Å². The zero-order chi connectivity index (χ0) is 37.9. The summed E-state index contributed by atoms with van der Waals surface area (Å²) in [5, 5.41) is 3.60. The Bertz CT molecular complexity index is 1240. The predicted molar refractivity (Wildman–Crippen MR) is 207 cm³/mol. The SMILES string of the molecule is CCC(C)C(C(CC(=O)N1CCCC1C(CC(=O)N(CC)c1ccc(Cl)cc1)SC)OC)N(C)C(=O)C(NC(=O)C(C(C)C)N(C)C)C(C)C. The van der Waals surface area contributed by atoms with Crippen LogP contribution < -0.4 is 10.2 Å². The fourth-order valence-electron chi connectivity index (χ4n) is 7.40. The highest BCUT2D eigenvalue weighted by Gasteiger charge is 2.41. The molecule has 0 spiro atoms. The van der Waals surface area contributed by atoms with Gasteiger partial charge in [0.1, 0.15) is 6.04 Å². The fourth-order valence-corrected chi connectivity index (χ4v) is 8.43. The van der Waals surface area contributed by atoms with Crippen LogP contribution in [0.5, 0.6) is 0 Å². The van der Waals surface area contributed by atoms with Crippen LogP contribution in [0, 0.1) is 17.8 Å². The Morgan fingerprint density at radius 2 is 1.62 bits per heavy atom. The summed E-state index contributed by atoms with van der Waals surface area (Å²) in [5.41, 5.74) is 0.801. The van der Waals surface area contributed by atoms with Crippen molar-refractivity contribution in [3.63, 3.8) is 0 Å². The van der Waals surface area contributed by atoms with Gasteiger partial charge in [-0.3, -0.25) is 24.1 Å². The molecule has 1 aliphatic heterocycles. The minimum absolute atomic E-state index is 0.0114. The van der Waals surface area contributed by atoms with Crippen molar-refractivity contribution in [2.24, 2.45) is 17.8 Å². The average molecular weight is 738 g/mol. The smallest absolute Gasteiger partial charge is 0.245 e. The Morgan fingerprint density at radius 3 is 2.10 bits per heavy atom. The fraction of sp³-hybridized carbons (Fsp3) is 0.737. The second-order valence-corrected chi connectivity index (χ2v) is 16.1. The van der Waals surface area contributed by atoms with Crippen LogP contribution in [0.15, 0.2) is 24.3 Å². The first-order valence-corrected chi connectivity index (χ1v) is 19.8. The van der Waals surface area contributed by atoms with Gasteiger partial charge >= 0.3 is 0 Å². The molecule has 2 rings (SSSR count). The van der Waals surface area contributed by atoms with Crippen molar-refractivity contribution in [2.75, 3.05) is 52.5 Å². The van der Waals surface area contributed by atoms with E-state index >= 15 is 0 Å². The lowest BCUT2D eigenvalue weighted by Gasteiger charge is -2.41. The third-order valence-electron chi connectivity index (χ3n) is 10.3. The number of amides is 4. The molecule has 7 unspecified atom stereocenters. The van der Waals surface area contributed by atoms with Crippen LogP contribution >= 0.6 is 23.4 Å². The maximum absolute atomic E-state index is 14.2. The summed E-state index contributed by atoms with van der Waals surface area (Å²) in [7, 11) is 7.09. The molecule has 1 saturated heterocycles. The maximum Gasteiger partial charge on any atom is 0.245 e. The van der Waals surface area contributed by atoms with Gasteiger partial charge in [-0.2, -0.15) is 11.8 Å². The molecule has 12 heteroatoms. The quantitative estimate of drug-likeness (QED) is 0.191. The van der Waals surface area contributed by atoms with Crippen molar-refractivity contribution in [2.45, 2.75) is 116 Å². The zero-order valence-corrected chi connectivity index (χ0v) is 34.1. The predicted octanol–water partition coefficient (Wildman–Crippen LogP) is 5.81. The van der Waals surface area contributed by atoms with Gasteiger partial charge in [0, 0.05) is 55.7 Å². The molecule has 1 N–H and O–H groups in total. The monoisotopic (exact) mass is 737 g/mol. The number of nitrogens with zero attached hydrogens (tertiary/aromatic N) is 4. The molecule has 1 aromatic rings. The number of halogens is 1. The number of rotatable bonds is 19. The highest BCUT2D eigenvalue weighted by molar-refractivity contribution is 7.99. The van der Waals surface area contributed by atoms with Gasteiger partial charge in [0.05, 0.1) is 24.6 Å².